The molecule has 1 saturated heterocycles. The predicted molar refractivity (Wildman–Crippen MR) is 80.7 cm³/mol. The van der Waals surface area contributed by atoms with Gasteiger partial charge in [-0.15, -0.1) is 0 Å². The van der Waals surface area contributed by atoms with Gasteiger partial charge in [-0.3, -0.25) is 0 Å². The van der Waals surface area contributed by atoms with Crippen LogP contribution in [0.4, 0.5) is 0 Å². The van der Waals surface area contributed by atoms with E-state index >= 15 is 0 Å². The molecule has 1 fully saturated rings. The second kappa shape index (κ2) is 7.07. The number of aliphatic hydroxyl groups is 1. The third kappa shape index (κ3) is 4.17. The molecular formula is C14H20ClNO4S. The Morgan fingerprint density at radius 3 is 2.67 bits per heavy atom. The van der Waals surface area contributed by atoms with Crippen LogP contribution in [-0.4, -0.2) is 32.8 Å². The van der Waals surface area contributed by atoms with Gasteiger partial charge in [-0.1, -0.05) is 17.7 Å². The highest BCUT2D eigenvalue weighted by Gasteiger charge is 2.25. The molecule has 1 heterocycles. The SMILES string of the molecule is CC(NS(=O)(=O)c1ccc(CO)c(Cl)c1)C1CCOCC1. The van der Waals surface area contributed by atoms with Gasteiger partial charge >= 0.3 is 0 Å². The summed E-state index contributed by atoms with van der Waals surface area (Å²) < 4.78 is 32.7. The summed E-state index contributed by atoms with van der Waals surface area (Å²) in [5.74, 6) is 0.278. The van der Waals surface area contributed by atoms with Gasteiger partial charge in [0.15, 0.2) is 0 Å². The summed E-state index contributed by atoms with van der Waals surface area (Å²) in [5.41, 5.74) is 0.507. The zero-order valence-electron chi connectivity index (χ0n) is 11.9. The number of hydrogen-bond donors (Lipinski definition) is 2. The Hall–Kier alpha value is -0.660. The Morgan fingerprint density at radius 1 is 1.43 bits per heavy atom. The van der Waals surface area contributed by atoms with E-state index in [1.54, 1.807) is 0 Å². The first-order chi connectivity index (χ1) is 9.94. The summed E-state index contributed by atoms with van der Waals surface area (Å²) in [4.78, 5) is 0.114. The fourth-order valence-corrected chi connectivity index (χ4v) is 4.09. The Balaban J connectivity index is 2.12. The molecule has 1 atom stereocenters. The normalized spacial score (nSPS) is 18.6. The molecule has 0 aliphatic carbocycles. The largest absolute Gasteiger partial charge is 0.392 e. The van der Waals surface area contributed by atoms with E-state index in [9.17, 15) is 8.42 Å². The molecule has 1 aromatic carbocycles. The maximum absolute atomic E-state index is 12.4. The van der Waals surface area contributed by atoms with Gasteiger partial charge in [0.2, 0.25) is 10.0 Å². The lowest BCUT2D eigenvalue weighted by Crippen LogP contribution is -2.40. The predicted octanol–water partition coefficient (Wildman–Crippen LogP) is 1.93. The van der Waals surface area contributed by atoms with Crippen LogP contribution in [0.15, 0.2) is 23.1 Å². The van der Waals surface area contributed by atoms with Crippen LogP contribution in [0, 0.1) is 5.92 Å². The third-order valence-electron chi connectivity index (χ3n) is 3.82. The zero-order valence-corrected chi connectivity index (χ0v) is 13.5. The van der Waals surface area contributed by atoms with Crippen molar-refractivity contribution in [2.24, 2.45) is 5.92 Å². The van der Waals surface area contributed by atoms with E-state index in [2.05, 4.69) is 4.72 Å². The molecule has 0 spiro atoms. The fraction of sp³-hybridized carbons (Fsp3) is 0.571. The molecule has 0 amide bonds. The van der Waals surface area contributed by atoms with Crippen LogP contribution in [0.1, 0.15) is 25.3 Å². The van der Waals surface area contributed by atoms with Crippen molar-refractivity contribution in [3.63, 3.8) is 0 Å². The molecule has 0 bridgehead atoms. The van der Waals surface area contributed by atoms with E-state index < -0.39 is 10.0 Å². The summed E-state index contributed by atoms with van der Waals surface area (Å²) in [7, 11) is -3.61. The standard InChI is InChI=1S/C14H20ClNO4S/c1-10(11-4-6-20-7-5-11)16-21(18,19)13-3-2-12(9-17)14(15)8-13/h2-3,8,10-11,16-17H,4-7,9H2,1H3. The van der Waals surface area contributed by atoms with Crippen molar-refractivity contribution in [3.05, 3.63) is 28.8 Å². The first-order valence-electron chi connectivity index (χ1n) is 6.93. The highest BCUT2D eigenvalue weighted by molar-refractivity contribution is 7.89. The molecule has 1 aromatic rings. The smallest absolute Gasteiger partial charge is 0.240 e. The molecule has 1 unspecified atom stereocenters. The van der Waals surface area contributed by atoms with Crippen molar-refractivity contribution < 1.29 is 18.3 Å². The molecule has 2 rings (SSSR count). The first-order valence-corrected chi connectivity index (χ1v) is 8.79. The average Bonchev–Trinajstić information content (AvgIpc) is 2.47. The fourth-order valence-electron chi connectivity index (χ4n) is 2.45. The zero-order chi connectivity index (χ0) is 15.5. The first kappa shape index (κ1) is 16.7. The molecule has 0 aromatic heterocycles. The minimum absolute atomic E-state index is 0.114. The molecule has 2 N–H and O–H groups in total. The Kier molecular flexibility index (Phi) is 5.62. The number of benzene rings is 1. The number of nitrogens with one attached hydrogen (secondary N) is 1. The molecule has 0 saturated carbocycles. The minimum Gasteiger partial charge on any atom is -0.392 e. The number of halogens is 1. The maximum Gasteiger partial charge on any atom is 0.240 e. The second-order valence-corrected chi connectivity index (χ2v) is 7.39. The molecule has 21 heavy (non-hydrogen) atoms. The van der Waals surface area contributed by atoms with Gasteiger partial charge in [-0.2, -0.15) is 0 Å². The van der Waals surface area contributed by atoms with E-state index in [4.69, 9.17) is 21.4 Å². The summed E-state index contributed by atoms with van der Waals surface area (Å²) in [5, 5.41) is 9.32. The number of aliphatic hydroxyl groups excluding tert-OH is 1. The lowest BCUT2D eigenvalue weighted by Gasteiger charge is -2.28. The molecule has 0 radical (unpaired) electrons. The van der Waals surface area contributed by atoms with E-state index in [1.807, 2.05) is 6.92 Å². The van der Waals surface area contributed by atoms with E-state index in [0.717, 1.165) is 12.8 Å². The summed E-state index contributed by atoms with van der Waals surface area (Å²) in [6.45, 7) is 3.00. The molecule has 1 aliphatic rings. The third-order valence-corrected chi connectivity index (χ3v) is 5.73. The van der Waals surface area contributed by atoms with E-state index in [1.165, 1.54) is 18.2 Å². The Labute approximate surface area is 130 Å². The van der Waals surface area contributed by atoms with Gasteiger partial charge < -0.3 is 9.84 Å². The van der Waals surface area contributed by atoms with E-state index in [0.29, 0.717) is 18.8 Å². The van der Waals surface area contributed by atoms with E-state index in [-0.39, 0.29) is 28.5 Å². The van der Waals surface area contributed by atoms with Gasteiger partial charge in [-0.25, -0.2) is 13.1 Å². The van der Waals surface area contributed by atoms with Crippen molar-refractivity contribution in [2.75, 3.05) is 13.2 Å². The van der Waals surface area contributed by atoms with Crippen LogP contribution in [0.5, 0.6) is 0 Å². The lowest BCUT2D eigenvalue weighted by molar-refractivity contribution is 0.0585. The van der Waals surface area contributed by atoms with Gasteiger partial charge in [0, 0.05) is 24.3 Å². The summed E-state index contributed by atoms with van der Waals surface area (Å²) in [6, 6.07) is 4.19. The van der Waals surface area contributed by atoms with Crippen LogP contribution < -0.4 is 4.72 Å². The van der Waals surface area contributed by atoms with Crippen LogP contribution in [0.2, 0.25) is 5.02 Å². The van der Waals surface area contributed by atoms with Crippen molar-refractivity contribution in [1.29, 1.82) is 0 Å². The number of hydrogen-bond acceptors (Lipinski definition) is 4. The number of sulfonamides is 1. The highest BCUT2D eigenvalue weighted by atomic mass is 35.5. The van der Waals surface area contributed by atoms with Gasteiger partial charge in [-0.05, 0) is 43.4 Å². The van der Waals surface area contributed by atoms with Crippen LogP contribution in [0.25, 0.3) is 0 Å². The topological polar surface area (TPSA) is 75.6 Å². The van der Waals surface area contributed by atoms with Crippen molar-refractivity contribution in [3.8, 4) is 0 Å². The van der Waals surface area contributed by atoms with Crippen LogP contribution in [0.3, 0.4) is 0 Å². The van der Waals surface area contributed by atoms with Crippen LogP contribution in [-0.2, 0) is 21.4 Å². The average molecular weight is 334 g/mol. The van der Waals surface area contributed by atoms with Gasteiger partial charge in [0.25, 0.3) is 0 Å². The number of ether oxygens (including phenoxy) is 1. The minimum atomic E-state index is -3.61. The van der Waals surface area contributed by atoms with Gasteiger partial charge in [0.05, 0.1) is 11.5 Å². The Bertz CT molecular complexity index is 585. The molecule has 7 heteroatoms. The molecular weight excluding hydrogens is 314 g/mol. The maximum atomic E-state index is 12.4. The van der Waals surface area contributed by atoms with Crippen molar-refractivity contribution >= 4 is 21.6 Å². The number of rotatable bonds is 5. The van der Waals surface area contributed by atoms with Crippen LogP contribution >= 0.6 is 11.6 Å². The monoisotopic (exact) mass is 333 g/mol. The van der Waals surface area contributed by atoms with Gasteiger partial charge in [0.1, 0.15) is 0 Å². The lowest BCUT2D eigenvalue weighted by atomic mass is 9.94. The molecule has 118 valence electrons. The summed E-state index contributed by atoms with van der Waals surface area (Å²) >= 11 is 5.95. The molecule has 5 nitrogen and oxygen atoms in total. The van der Waals surface area contributed by atoms with Crippen molar-refractivity contribution in [2.45, 2.75) is 37.3 Å². The quantitative estimate of drug-likeness (QED) is 0.863. The Morgan fingerprint density at radius 2 is 2.10 bits per heavy atom. The van der Waals surface area contributed by atoms with Crippen molar-refractivity contribution in [1.82, 2.24) is 4.72 Å². The second-order valence-electron chi connectivity index (χ2n) is 5.27. The molecule has 1 aliphatic heterocycles. The summed E-state index contributed by atoms with van der Waals surface area (Å²) in [6.07, 6.45) is 1.71. The highest BCUT2D eigenvalue weighted by Crippen LogP contribution is 2.23.